The van der Waals surface area contributed by atoms with Gasteiger partial charge in [-0.1, -0.05) is 13.5 Å². The van der Waals surface area contributed by atoms with E-state index in [9.17, 15) is 9.59 Å². The number of hydrogen-bond donors (Lipinski definition) is 0. The van der Waals surface area contributed by atoms with Crippen LogP contribution in [-0.2, 0) is 23.8 Å². The molecule has 0 amide bonds. The molecule has 4 aliphatic rings. The normalized spacial score (nSPS) is 52.2. The number of esters is 2. The van der Waals surface area contributed by atoms with E-state index >= 15 is 0 Å². The van der Waals surface area contributed by atoms with Crippen LogP contribution >= 0.6 is 0 Å². The van der Waals surface area contributed by atoms with Gasteiger partial charge in [-0.15, -0.1) is 0 Å². The first-order valence-electron chi connectivity index (χ1n) is 8.05. The van der Waals surface area contributed by atoms with Gasteiger partial charge < -0.3 is 14.2 Å². The highest BCUT2D eigenvalue weighted by Gasteiger charge is 2.77. The summed E-state index contributed by atoms with van der Waals surface area (Å²) in [4.78, 5) is 23.4. The first kappa shape index (κ1) is 14.2. The third kappa shape index (κ3) is 1.63. The zero-order valence-electron chi connectivity index (χ0n) is 13.3. The van der Waals surface area contributed by atoms with Gasteiger partial charge in [0, 0.05) is 30.8 Å². The molecule has 0 unspecified atom stereocenters. The fourth-order valence-corrected chi connectivity index (χ4v) is 5.32. The first-order valence-corrected chi connectivity index (χ1v) is 8.05. The van der Waals surface area contributed by atoms with Gasteiger partial charge >= 0.3 is 11.9 Å². The number of ether oxygens (including phenoxy) is 3. The Balaban J connectivity index is 1.71. The largest absolute Gasteiger partial charge is 0.459 e. The van der Waals surface area contributed by atoms with Gasteiger partial charge in [-0.25, -0.2) is 4.79 Å². The van der Waals surface area contributed by atoms with E-state index in [1.165, 1.54) is 6.92 Å². The number of rotatable bonds is 1. The SMILES string of the molecule is C=C1C(=O)O[C@@H]2C[C@H](C)[C@]34O[C@H]3C[C@@](C)(OC(C)=O)[C@@H]4C[C@H]12. The lowest BCUT2D eigenvalue weighted by Crippen LogP contribution is -2.44. The Kier molecular flexibility index (Phi) is 2.68. The summed E-state index contributed by atoms with van der Waals surface area (Å²) in [5, 5.41) is 0. The van der Waals surface area contributed by atoms with Crippen molar-refractivity contribution >= 4 is 11.9 Å². The Morgan fingerprint density at radius 3 is 2.82 bits per heavy atom. The number of hydrogen-bond acceptors (Lipinski definition) is 5. The highest BCUT2D eigenvalue weighted by Crippen LogP contribution is 2.67. The third-order valence-electron chi connectivity index (χ3n) is 6.30. The van der Waals surface area contributed by atoms with Crippen LogP contribution < -0.4 is 0 Å². The number of fused-ring (bicyclic) bond motifs is 1. The molecule has 0 aromatic carbocycles. The second-order valence-electron chi connectivity index (χ2n) is 7.57. The number of carbonyl (C=O) groups is 2. The van der Waals surface area contributed by atoms with Gasteiger partial charge in [-0.05, 0) is 25.7 Å². The van der Waals surface area contributed by atoms with E-state index in [1.807, 2.05) is 6.92 Å². The molecule has 0 radical (unpaired) electrons. The molecule has 22 heavy (non-hydrogen) atoms. The second kappa shape index (κ2) is 4.13. The maximum absolute atomic E-state index is 11.8. The average Bonchev–Trinajstić information content (AvgIpc) is 2.99. The Labute approximate surface area is 130 Å². The van der Waals surface area contributed by atoms with Crippen molar-refractivity contribution in [3.8, 4) is 0 Å². The maximum atomic E-state index is 11.8. The molecular formula is C17H22O5. The van der Waals surface area contributed by atoms with E-state index < -0.39 is 5.60 Å². The van der Waals surface area contributed by atoms with Crippen molar-refractivity contribution in [3.05, 3.63) is 12.2 Å². The van der Waals surface area contributed by atoms with Crippen LogP contribution in [0, 0.1) is 17.8 Å². The van der Waals surface area contributed by atoms with Crippen molar-refractivity contribution in [2.75, 3.05) is 0 Å². The fourth-order valence-electron chi connectivity index (χ4n) is 5.32. The Hall–Kier alpha value is -1.36. The van der Waals surface area contributed by atoms with Gasteiger partial charge in [-0.2, -0.15) is 0 Å². The predicted octanol–water partition coefficient (Wildman–Crippen LogP) is 1.99. The monoisotopic (exact) mass is 306 g/mol. The third-order valence-corrected chi connectivity index (χ3v) is 6.30. The first-order chi connectivity index (χ1) is 10.3. The van der Waals surface area contributed by atoms with Crippen LogP contribution in [0.3, 0.4) is 0 Å². The van der Waals surface area contributed by atoms with Crippen molar-refractivity contribution in [3.63, 3.8) is 0 Å². The second-order valence-corrected chi connectivity index (χ2v) is 7.57. The van der Waals surface area contributed by atoms with Crippen molar-refractivity contribution in [1.29, 1.82) is 0 Å². The van der Waals surface area contributed by atoms with E-state index in [1.54, 1.807) is 0 Å². The molecule has 0 N–H and O–H groups in total. The van der Waals surface area contributed by atoms with E-state index in [0.29, 0.717) is 5.57 Å². The zero-order valence-corrected chi connectivity index (χ0v) is 13.3. The van der Waals surface area contributed by atoms with E-state index in [0.717, 1.165) is 19.3 Å². The summed E-state index contributed by atoms with van der Waals surface area (Å²) in [5.41, 5.74) is -0.186. The molecule has 0 aromatic rings. The van der Waals surface area contributed by atoms with Crippen LogP contribution in [0.15, 0.2) is 12.2 Å². The van der Waals surface area contributed by atoms with Gasteiger partial charge in [0.25, 0.3) is 0 Å². The summed E-state index contributed by atoms with van der Waals surface area (Å²) < 4.78 is 17.3. The molecule has 0 bridgehead atoms. The molecule has 5 heteroatoms. The Morgan fingerprint density at radius 2 is 2.14 bits per heavy atom. The molecule has 2 saturated heterocycles. The molecule has 0 aromatic heterocycles. The van der Waals surface area contributed by atoms with Gasteiger partial charge in [0.2, 0.25) is 0 Å². The topological polar surface area (TPSA) is 65.1 Å². The summed E-state index contributed by atoms with van der Waals surface area (Å²) in [6.07, 6.45) is 2.31. The molecule has 2 aliphatic carbocycles. The molecule has 120 valence electrons. The standard InChI is InChI=1S/C17H22O5/c1-8-5-12-11(9(2)15(19)20-12)6-13-16(4,21-10(3)18)7-14-17(8,13)22-14/h8,11-14H,2,5-7H2,1,3-4H3/t8-,11+,12+,13-,14-,16+,17+/m0/s1. The molecule has 1 spiro atoms. The summed E-state index contributed by atoms with van der Waals surface area (Å²) >= 11 is 0. The number of carbonyl (C=O) groups excluding carboxylic acids is 2. The molecule has 7 atom stereocenters. The van der Waals surface area contributed by atoms with E-state index in [4.69, 9.17) is 14.2 Å². The van der Waals surface area contributed by atoms with E-state index in [2.05, 4.69) is 13.5 Å². The molecule has 2 saturated carbocycles. The Bertz CT molecular complexity index is 584. The van der Waals surface area contributed by atoms with Crippen LogP contribution in [0.4, 0.5) is 0 Å². The maximum Gasteiger partial charge on any atom is 0.334 e. The summed E-state index contributed by atoms with van der Waals surface area (Å²) in [7, 11) is 0. The summed E-state index contributed by atoms with van der Waals surface area (Å²) in [5.74, 6) is -0.167. The lowest BCUT2D eigenvalue weighted by Gasteiger charge is -2.37. The minimum atomic E-state index is -0.524. The van der Waals surface area contributed by atoms with Crippen molar-refractivity contribution in [1.82, 2.24) is 0 Å². The quantitative estimate of drug-likeness (QED) is 0.421. The highest BCUT2D eigenvalue weighted by atomic mass is 16.6. The van der Waals surface area contributed by atoms with Gasteiger partial charge in [0.05, 0.1) is 6.10 Å². The lowest BCUT2D eigenvalue weighted by molar-refractivity contribution is -0.166. The molecule has 4 fully saturated rings. The van der Waals surface area contributed by atoms with Crippen molar-refractivity contribution in [2.24, 2.45) is 17.8 Å². The smallest absolute Gasteiger partial charge is 0.334 e. The van der Waals surface area contributed by atoms with Gasteiger partial charge in [0.1, 0.15) is 17.3 Å². The zero-order chi connectivity index (χ0) is 15.9. The predicted molar refractivity (Wildman–Crippen MR) is 76.8 cm³/mol. The number of epoxide rings is 1. The summed E-state index contributed by atoms with van der Waals surface area (Å²) in [6.45, 7) is 9.53. The van der Waals surface area contributed by atoms with Crippen LogP contribution in [0.5, 0.6) is 0 Å². The van der Waals surface area contributed by atoms with E-state index in [-0.39, 0.29) is 47.5 Å². The van der Waals surface area contributed by atoms with Crippen LogP contribution in [0.1, 0.15) is 40.0 Å². The fraction of sp³-hybridized carbons (Fsp3) is 0.765. The molecular weight excluding hydrogens is 284 g/mol. The van der Waals surface area contributed by atoms with Crippen LogP contribution in [-0.4, -0.2) is 35.3 Å². The Morgan fingerprint density at radius 1 is 1.41 bits per heavy atom. The molecule has 2 heterocycles. The minimum absolute atomic E-state index is 0.0113. The van der Waals surface area contributed by atoms with Crippen molar-refractivity contribution < 1.29 is 23.8 Å². The van der Waals surface area contributed by atoms with Crippen LogP contribution in [0.2, 0.25) is 0 Å². The molecule has 2 aliphatic heterocycles. The molecule has 4 rings (SSSR count). The highest BCUT2D eigenvalue weighted by molar-refractivity contribution is 5.90. The van der Waals surface area contributed by atoms with Gasteiger partial charge in [-0.3, -0.25) is 4.79 Å². The summed E-state index contributed by atoms with van der Waals surface area (Å²) in [6, 6.07) is 0. The van der Waals surface area contributed by atoms with Crippen LogP contribution in [0.25, 0.3) is 0 Å². The molecule has 5 nitrogen and oxygen atoms in total. The average molecular weight is 306 g/mol. The van der Waals surface area contributed by atoms with Crippen molar-refractivity contribution in [2.45, 2.75) is 63.4 Å². The van der Waals surface area contributed by atoms with Gasteiger partial charge in [0.15, 0.2) is 0 Å². The minimum Gasteiger partial charge on any atom is -0.459 e. The lowest BCUT2D eigenvalue weighted by atomic mass is 9.76.